The fraction of sp³-hybridized carbons (Fsp3) is 0.250. The predicted molar refractivity (Wildman–Crippen MR) is 78.5 cm³/mol. The number of primary amides is 1. The highest BCUT2D eigenvalue weighted by Crippen LogP contribution is 2.56. The van der Waals surface area contributed by atoms with E-state index < -0.39 is 23.1 Å². The lowest BCUT2D eigenvalue weighted by Crippen LogP contribution is -2.44. The summed E-state index contributed by atoms with van der Waals surface area (Å²) in [5.41, 5.74) is 2.55. The lowest BCUT2D eigenvalue weighted by Gasteiger charge is -2.12. The topological polar surface area (TPSA) is 102 Å². The van der Waals surface area contributed by atoms with E-state index in [4.69, 9.17) is 15.2 Å². The molecule has 114 valence electrons. The van der Waals surface area contributed by atoms with E-state index in [2.05, 4.69) is 0 Å². The number of hydrogen-bond acceptors (Lipinski definition) is 4. The molecule has 1 aliphatic heterocycles. The molecule has 1 aliphatic rings. The van der Waals surface area contributed by atoms with E-state index in [0.29, 0.717) is 5.56 Å². The highest BCUT2D eigenvalue weighted by Gasteiger charge is 2.77. The number of rotatable bonds is 4. The number of methoxy groups -OCH3 is 1. The van der Waals surface area contributed by atoms with Crippen LogP contribution in [0.25, 0.3) is 10.8 Å². The Morgan fingerprint density at radius 1 is 1.18 bits per heavy atom. The van der Waals surface area contributed by atoms with Crippen molar-refractivity contribution in [3.63, 3.8) is 0 Å². The van der Waals surface area contributed by atoms with Gasteiger partial charge in [-0.3, -0.25) is 4.79 Å². The third kappa shape index (κ3) is 1.70. The smallest absolute Gasteiger partial charge is 0.349 e. The number of aliphatic carboxylic acids is 1. The maximum Gasteiger partial charge on any atom is 0.349 e. The third-order valence-electron chi connectivity index (χ3n) is 4.23. The van der Waals surface area contributed by atoms with Crippen LogP contribution in [0.1, 0.15) is 12.5 Å². The zero-order chi connectivity index (χ0) is 16.1. The van der Waals surface area contributed by atoms with E-state index in [9.17, 15) is 14.7 Å². The summed E-state index contributed by atoms with van der Waals surface area (Å²) in [7, 11) is 1.59. The molecule has 2 aromatic rings. The van der Waals surface area contributed by atoms with Gasteiger partial charge < -0.3 is 20.3 Å². The molecular weight excluding hydrogens is 286 g/mol. The predicted octanol–water partition coefficient (Wildman–Crippen LogP) is 1.40. The first-order valence-corrected chi connectivity index (χ1v) is 6.67. The average molecular weight is 301 g/mol. The lowest BCUT2D eigenvalue weighted by molar-refractivity contribution is -0.147. The Kier molecular flexibility index (Phi) is 2.90. The Balaban J connectivity index is 2.08. The lowest BCUT2D eigenvalue weighted by atomic mass is 9.86. The Hall–Kier alpha value is -2.60. The number of hydrogen-bond donors (Lipinski definition) is 2. The molecule has 0 saturated carbocycles. The fourth-order valence-electron chi connectivity index (χ4n) is 2.83. The number of amides is 1. The summed E-state index contributed by atoms with van der Waals surface area (Å²) in [6, 6.07) is 10.9. The number of ether oxygens (including phenoxy) is 2. The van der Waals surface area contributed by atoms with Crippen molar-refractivity contribution in [3.05, 3.63) is 42.0 Å². The number of fused-ring (bicyclic) bond motifs is 1. The van der Waals surface area contributed by atoms with Gasteiger partial charge in [-0.15, -0.1) is 0 Å². The Labute approximate surface area is 126 Å². The van der Waals surface area contributed by atoms with Gasteiger partial charge >= 0.3 is 5.97 Å². The van der Waals surface area contributed by atoms with Crippen LogP contribution in [0.2, 0.25) is 0 Å². The molecule has 1 amide bonds. The number of epoxide rings is 1. The van der Waals surface area contributed by atoms with E-state index in [0.717, 1.165) is 16.5 Å². The molecule has 1 heterocycles. The summed E-state index contributed by atoms with van der Waals surface area (Å²) in [4.78, 5) is 23.0. The van der Waals surface area contributed by atoms with Crippen molar-refractivity contribution in [2.45, 2.75) is 18.1 Å². The molecular formula is C16H15NO5. The minimum atomic E-state index is -2.01. The van der Waals surface area contributed by atoms with E-state index in [1.807, 2.05) is 18.2 Å². The highest BCUT2D eigenvalue weighted by atomic mass is 16.7. The molecule has 2 atom stereocenters. The largest absolute Gasteiger partial charge is 0.497 e. The molecule has 0 spiro atoms. The molecule has 3 N–H and O–H groups in total. The van der Waals surface area contributed by atoms with Crippen LogP contribution < -0.4 is 10.5 Å². The van der Waals surface area contributed by atoms with Gasteiger partial charge in [0, 0.05) is 0 Å². The molecule has 22 heavy (non-hydrogen) atoms. The zero-order valence-electron chi connectivity index (χ0n) is 12.1. The molecule has 0 aliphatic carbocycles. The third-order valence-corrected chi connectivity index (χ3v) is 4.23. The van der Waals surface area contributed by atoms with E-state index >= 15 is 0 Å². The number of benzene rings is 2. The highest BCUT2D eigenvalue weighted by molar-refractivity contribution is 6.09. The first-order chi connectivity index (χ1) is 10.3. The van der Waals surface area contributed by atoms with E-state index in [1.165, 1.54) is 0 Å². The van der Waals surface area contributed by atoms with Gasteiger partial charge in [0.2, 0.25) is 0 Å². The standard InChI is InChI=1S/C16H15NO5/c1-15(16(22-15,13(17)18)14(19)20)11-5-3-10-8-12(21-2)6-4-9(10)7-11/h3-8H,1-2H3,(H2,17,18)(H,19,20). The van der Waals surface area contributed by atoms with Crippen LogP contribution in [0.5, 0.6) is 5.75 Å². The van der Waals surface area contributed by atoms with Crippen molar-refractivity contribution in [3.8, 4) is 5.75 Å². The van der Waals surface area contributed by atoms with E-state index in [1.54, 1.807) is 32.2 Å². The van der Waals surface area contributed by atoms with Gasteiger partial charge in [0.1, 0.15) is 11.4 Å². The Bertz CT molecular complexity index is 786. The summed E-state index contributed by atoms with van der Waals surface area (Å²) >= 11 is 0. The Morgan fingerprint density at radius 3 is 2.36 bits per heavy atom. The second-order valence-electron chi connectivity index (χ2n) is 5.41. The molecule has 2 aromatic carbocycles. The molecule has 0 aromatic heterocycles. The number of carboxylic acid groups (broad SMARTS) is 1. The minimum Gasteiger partial charge on any atom is -0.497 e. The molecule has 6 nitrogen and oxygen atoms in total. The molecule has 2 unspecified atom stereocenters. The van der Waals surface area contributed by atoms with Gasteiger partial charge in [0.05, 0.1) is 7.11 Å². The van der Waals surface area contributed by atoms with Gasteiger partial charge in [0.15, 0.2) is 0 Å². The van der Waals surface area contributed by atoms with Crippen LogP contribution in [0.15, 0.2) is 36.4 Å². The monoisotopic (exact) mass is 301 g/mol. The Morgan fingerprint density at radius 2 is 1.82 bits per heavy atom. The van der Waals surface area contributed by atoms with Gasteiger partial charge in [-0.1, -0.05) is 18.2 Å². The maximum absolute atomic E-state index is 11.6. The maximum atomic E-state index is 11.6. The summed E-state index contributed by atoms with van der Waals surface area (Å²) in [6.45, 7) is 1.55. The molecule has 6 heteroatoms. The van der Waals surface area contributed by atoms with E-state index in [-0.39, 0.29) is 0 Å². The molecule has 0 bridgehead atoms. The average Bonchev–Trinajstić information content (AvgIpc) is 3.15. The summed E-state index contributed by atoms with van der Waals surface area (Å²) in [6.07, 6.45) is 0. The second-order valence-corrected chi connectivity index (χ2v) is 5.41. The molecule has 1 saturated heterocycles. The normalized spacial score (nSPS) is 26.6. The molecule has 0 radical (unpaired) electrons. The van der Waals surface area contributed by atoms with Crippen molar-refractivity contribution in [2.24, 2.45) is 5.73 Å². The number of carboxylic acids is 1. The van der Waals surface area contributed by atoms with Crippen molar-refractivity contribution < 1.29 is 24.2 Å². The van der Waals surface area contributed by atoms with Gasteiger partial charge in [-0.25, -0.2) is 4.79 Å². The minimum absolute atomic E-state index is 0.589. The van der Waals surface area contributed by atoms with Crippen LogP contribution in [0, 0.1) is 0 Å². The summed E-state index contributed by atoms with van der Waals surface area (Å²) in [5.74, 6) is -1.65. The molecule has 1 fully saturated rings. The summed E-state index contributed by atoms with van der Waals surface area (Å²) < 4.78 is 10.5. The van der Waals surface area contributed by atoms with Crippen LogP contribution in [0.3, 0.4) is 0 Å². The van der Waals surface area contributed by atoms with Gasteiger partial charge in [-0.05, 0) is 41.5 Å². The van der Waals surface area contributed by atoms with Crippen LogP contribution in [-0.4, -0.2) is 29.7 Å². The molecule has 3 rings (SSSR count). The SMILES string of the molecule is COc1ccc2cc(C3(C)OC3(C(N)=O)C(=O)O)ccc2c1. The van der Waals surface area contributed by atoms with Crippen molar-refractivity contribution in [1.82, 2.24) is 0 Å². The van der Waals surface area contributed by atoms with Crippen LogP contribution >= 0.6 is 0 Å². The number of nitrogens with two attached hydrogens (primary N) is 1. The fourth-order valence-corrected chi connectivity index (χ4v) is 2.83. The first kappa shape index (κ1) is 14.3. The quantitative estimate of drug-likeness (QED) is 0.656. The van der Waals surface area contributed by atoms with Crippen molar-refractivity contribution >= 4 is 22.6 Å². The van der Waals surface area contributed by atoms with Gasteiger partial charge in [0.25, 0.3) is 11.5 Å². The zero-order valence-corrected chi connectivity index (χ0v) is 12.1. The second kappa shape index (κ2) is 4.45. The van der Waals surface area contributed by atoms with Gasteiger partial charge in [-0.2, -0.15) is 0 Å². The first-order valence-electron chi connectivity index (χ1n) is 6.67. The van der Waals surface area contributed by atoms with Crippen LogP contribution in [0.4, 0.5) is 0 Å². The summed E-state index contributed by atoms with van der Waals surface area (Å²) in [5, 5.41) is 11.1. The van der Waals surface area contributed by atoms with Crippen molar-refractivity contribution in [1.29, 1.82) is 0 Å². The van der Waals surface area contributed by atoms with Crippen molar-refractivity contribution in [2.75, 3.05) is 7.11 Å². The van der Waals surface area contributed by atoms with Crippen LogP contribution in [-0.2, 0) is 19.9 Å². The number of carbonyl (C=O) groups excluding carboxylic acids is 1. The number of carbonyl (C=O) groups is 2.